The van der Waals surface area contributed by atoms with Gasteiger partial charge in [-0.05, 0) is 65.9 Å². The standard InChI is InChI=1S/C24H21N5O7S2/c1-35-18-9-4-15(12-19(18)36-2)13-20-22(31)29(24(32)37-20)14-21(30)27-16-5-7-17(8-6-16)38(33,34)28-23-25-10-3-11-26-23/h3-13H,14H2,1-2H3,(H,27,30)(H,25,26,28)/b20-13+. The summed E-state index contributed by atoms with van der Waals surface area (Å²) in [6.07, 6.45) is 4.32. The molecule has 4 rings (SSSR count). The van der Waals surface area contributed by atoms with Crippen molar-refractivity contribution in [3.05, 3.63) is 71.4 Å². The van der Waals surface area contributed by atoms with E-state index in [1.807, 2.05) is 0 Å². The average Bonchev–Trinajstić information content (AvgIpc) is 3.16. The minimum atomic E-state index is -3.94. The molecule has 1 aliphatic rings. The zero-order valence-electron chi connectivity index (χ0n) is 20.1. The molecule has 196 valence electrons. The Morgan fingerprint density at radius 2 is 1.71 bits per heavy atom. The molecule has 1 aromatic heterocycles. The van der Waals surface area contributed by atoms with Crippen LogP contribution in [0.2, 0.25) is 0 Å². The molecule has 1 fully saturated rings. The fraction of sp³-hybridized carbons (Fsp3) is 0.125. The Kier molecular flexibility index (Phi) is 7.93. The van der Waals surface area contributed by atoms with Crippen LogP contribution < -0.4 is 19.5 Å². The van der Waals surface area contributed by atoms with Crippen LogP contribution in [-0.4, -0.2) is 61.1 Å². The number of hydrogen-bond donors (Lipinski definition) is 2. The molecule has 0 saturated carbocycles. The van der Waals surface area contributed by atoms with E-state index in [4.69, 9.17) is 9.47 Å². The number of nitrogens with one attached hydrogen (secondary N) is 2. The summed E-state index contributed by atoms with van der Waals surface area (Å²) in [7, 11) is -0.955. The highest BCUT2D eigenvalue weighted by atomic mass is 32.2. The maximum atomic E-state index is 12.8. The monoisotopic (exact) mass is 555 g/mol. The number of imide groups is 1. The first-order chi connectivity index (χ1) is 18.2. The molecule has 0 unspecified atom stereocenters. The van der Waals surface area contributed by atoms with Gasteiger partial charge in [0.25, 0.3) is 21.2 Å². The number of hydrogen-bond acceptors (Lipinski definition) is 10. The molecule has 14 heteroatoms. The lowest BCUT2D eigenvalue weighted by atomic mass is 10.2. The first-order valence-electron chi connectivity index (χ1n) is 10.9. The molecule has 38 heavy (non-hydrogen) atoms. The van der Waals surface area contributed by atoms with Crippen molar-refractivity contribution in [2.24, 2.45) is 0 Å². The van der Waals surface area contributed by atoms with Gasteiger partial charge in [0.2, 0.25) is 11.9 Å². The van der Waals surface area contributed by atoms with Crippen LogP contribution in [-0.2, 0) is 19.6 Å². The molecule has 0 bridgehead atoms. The Hall–Kier alpha value is -4.43. The summed E-state index contributed by atoms with van der Waals surface area (Å²) in [6, 6.07) is 11.9. The SMILES string of the molecule is COc1ccc(/C=C2/SC(=O)N(CC(=O)Nc3ccc(S(=O)(=O)Nc4ncccn4)cc3)C2=O)cc1OC. The van der Waals surface area contributed by atoms with Gasteiger partial charge in [0.15, 0.2) is 11.5 Å². The highest BCUT2D eigenvalue weighted by molar-refractivity contribution is 8.18. The van der Waals surface area contributed by atoms with Gasteiger partial charge in [-0.1, -0.05) is 6.07 Å². The second-order valence-electron chi connectivity index (χ2n) is 7.63. The number of anilines is 2. The summed E-state index contributed by atoms with van der Waals surface area (Å²) >= 11 is 0.716. The molecule has 0 aliphatic carbocycles. The number of methoxy groups -OCH3 is 2. The van der Waals surface area contributed by atoms with Gasteiger partial charge in [-0.3, -0.25) is 19.3 Å². The van der Waals surface area contributed by atoms with Crippen molar-refractivity contribution in [3.8, 4) is 11.5 Å². The highest BCUT2D eigenvalue weighted by Gasteiger charge is 2.36. The molecular weight excluding hydrogens is 534 g/mol. The van der Waals surface area contributed by atoms with Crippen LogP contribution in [0.5, 0.6) is 11.5 Å². The van der Waals surface area contributed by atoms with Crippen LogP contribution in [0, 0.1) is 0 Å². The maximum absolute atomic E-state index is 12.8. The van der Waals surface area contributed by atoms with Crippen molar-refractivity contribution < 1.29 is 32.3 Å². The third-order valence-corrected chi connectivity index (χ3v) is 7.37. The summed E-state index contributed by atoms with van der Waals surface area (Å²) < 4.78 is 37.7. The predicted molar refractivity (Wildman–Crippen MR) is 140 cm³/mol. The second kappa shape index (κ2) is 11.3. The van der Waals surface area contributed by atoms with E-state index in [1.54, 1.807) is 24.3 Å². The number of rotatable bonds is 9. The largest absolute Gasteiger partial charge is 0.493 e. The van der Waals surface area contributed by atoms with Crippen LogP contribution in [0.3, 0.4) is 0 Å². The molecule has 2 heterocycles. The number of carbonyl (C=O) groups excluding carboxylic acids is 3. The molecule has 1 saturated heterocycles. The van der Waals surface area contributed by atoms with Crippen LogP contribution >= 0.6 is 11.8 Å². The Balaban J connectivity index is 1.39. The molecule has 3 aromatic rings. The summed E-state index contributed by atoms with van der Waals surface area (Å²) in [5.74, 6) is -0.349. The minimum Gasteiger partial charge on any atom is -0.493 e. The fourth-order valence-electron chi connectivity index (χ4n) is 3.32. The average molecular weight is 556 g/mol. The summed E-state index contributed by atoms with van der Waals surface area (Å²) in [5, 5.41) is 1.96. The summed E-state index contributed by atoms with van der Waals surface area (Å²) in [6.45, 7) is -0.513. The van der Waals surface area contributed by atoms with E-state index in [2.05, 4.69) is 20.0 Å². The Morgan fingerprint density at radius 1 is 1.03 bits per heavy atom. The van der Waals surface area contributed by atoms with Crippen LogP contribution in [0.15, 0.2) is 70.7 Å². The van der Waals surface area contributed by atoms with Crippen LogP contribution in [0.1, 0.15) is 5.56 Å². The topological polar surface area (TPSA) is 157 Å². The minimum absolute atomic E-state index is 0.0748. The van der Waals surface area contributed by atoms with Crippen molar-refractivity contribution in [3.63, 3.8) is 0 Å². The van der Waals surface area contributed by atoms with Gasteiger partial charge in [-0.2, -0.15) is 0 Å². The third kappa shape index (κ3) is 6.10. The lowest BCUT2D eigenvalue weighted by Gasteiger charge is -2.13. The van der Waals surface area contributed by atoms with Gasteiger partial charge in [0, 0.05) is 18.1 Å². The first-order valence-corrected chi connectivity index (χ1v) is 13.2. The van der Waals surface area contributed by atoms with E-state index in [0.717, 1.165) is 4.90 Å². The summed E-state index contributed by atoms with van der Waals surface area (Å²) in [5.41, 5.74) is 0.888. The van der Waals surface area contributed by atoms with Crippen molar-refractivity contribution >= 4 is 56.6 Å². The van der Waals surface area contributed by atoms with E-state index < -0.39 is 33.6 Å². The van der Waals surface area contributed by atoms with E-state index in [-0.39, 0.29) is 21.4 Å². The maximum Gasteiger partial charge on any atom is 0.294 e. The number of benzene rings is 2. The number of sulfonamides is 1. The Labute approximate surface area is 222 Å². The lowest BCUT2D eigenvalue weighted by Crippen LogP contribution is -2.36. The number of thioether (sulfide) groups is 1. The first kappa shape index (κ1) is 26.6. The molecule has 1 aliphatic heterocycles. The quantitative estimate of drug-likeness (QED) is 0.376. The molecule has 12 nitrogen and oxygen atoms in total. The normalized spacial score (nSPS) is 14.5. The zero-order valence-corrected chi connectivity index (χ0v) is 21.7. The van der Waals surface area contributed by atoms with Crippen molar-refractivity contribution in [1.82, 2.24) is 14.9 Å². The van der Waals surface area contributed by atoms with E-state index >= 15 is 0 Å². The predicted octanol–water partition coefficient (Wildman–Crippen LogP) is 2.97. The van der Waals surface area contributed by atoms with Crippen LogP contribution in [0.4, 0.5) is 16.4 Å². The van der Waals surface area contributed by atoms with Gasteiger partial charge in [-0.15, -0.1) is 0 Å². The van der Waals surface area contributed by atoms with Crippen molar-refractivity contribution in [2.45, 2.75) is 4.90 Å². The van der Waals surface area contributed by atoms with Crippen molar-refractivity contribution in [2.75, 3.05) is 30.8 Å². The lowest BCUT2D eigenvalue weighted by molar-refractivity contribution is -0.127. The van der Waals surface area contributed by atoms with E-state index in [1.165, 1.54) is 57.0 Å². The number of amides is 3. The molecule has 2 aromatic carbocycles. The number of nitrogens with zero attached hydrogens (tertiary/aromatic N) is 3. The van der Waals surface area contributed by atoms with Crippen molar-refractivity contribution in [1.29, 1.82) is 0 Å². The molecule has 3 amide bonds. The van der Waals surface area contributed by atoms with Gasteiger partial charge >= 0.3 is 0 Å². The third-order valence-electron chi connectivity index (χ3n) is 5.12. The summed E-state index contributed by atoms with van der Waals surface area (Å²) in [4.78, 5) is 46.3. The van der Waals surface area contributed by atoms with Gasteiger partial charge < -0.3 is 14.8 Å². The molecule has 0 radical (unpaired) electrons. The number of carbonyl (C=O) groups is 3. The van der Waals surface area contributed by atoms with E-state index in [9.17, 15) is 22.8 Å². The van der Waals surface area contributed by atoms with Gasteiger partial charge in [-0.25, -0.2) is 23.1 Å². The Morgan fingerprint density at radius 3 is 2.37 bits per heavy atom. The molecule has 2 N–H and O–H groups in total. The fourth-order valence-corrected chi connectivity index (χ4v) is 5.12. The Bertz CT molecular complexity index is 1510. The second-order valence-corrected chi connectivity index (χ2v) is 10.3. The smallest absolute Gasteiger partial charge is 0.294 e. The highest BCUT2D eigenvalue weighted by Crippen LogP contribution is 2.34. The molecule has 0 atom stereocenters. The van der Waals surface area contributed by atoms with Gasteiger partial charge in [0.1, 0.15) is 6.54 Å². The van der Waals surface area contributed by atoms with E-state index in [0.29, 0.717) is 28.8 Å². The van der Waals surface area contributed by atoms with Crippen LogP contribution in [0.25, 0.3) is 6.08 Å². The van der Waals surface area contributed by atoms with Gasteiger partial charge in [0.05, 0.1) is 24.0 Å². The zero-order chi connectivity index (χ0) is 27.3. The molecular formula is C24H21N5O7S2. The molecule has 0 spiro atoms. The number of ether oxygens (including phenoxy) is 2. The number of aromatic nitrogens is 2.